The summed E-state index contributed by atoms with van der Waals surface area (Å²) in [5.74, 6) is -0.418. The van der Waals surface area contributed by atoms with E-state index in [4.69, 9.17) is 22.3 Å². The molecular formula is C9H18N6O2. The summed E-state index contributed by atoms with van der Waals surface area (Å²) in [6.45, 7) is 1.72. The summed E-state index contributed by atoms with van der Waals surface area (Å²) in [4.78, 5) is 12.5. The van der Waals surface area contributed by atoms with E-state index in [1.807, 2.05) is 4.90 Å². The monoisotopic (exact) mass is 242 g/mol. The van der Waals surface area contributed by atoms with Gasteiger partial charge in [-0.25, -0.2) is 4.68 Å². The summed E-state index contributed by atoms with van der Waals surface area (Å²) in [6.07, 6.45) is 1.43. The average Bonchev–Trinajstić information content (AvgIpc) is 2.59. The van der Waals surface area contributed by atoms with E-state index in [9.17, 15) is 4.79 Å². The zero-order valence-corrected chi connectivity index (χ0v) is 9.54. The summed E-state index contributed by atoms with van der Waals surface area (Å²) in [6, 6.07) is 0. The third-order valence-electron chi connectivity index (χ3n) is 2.22. The minimum absolute atomic E-state index is 0.238. The molecule has 96 valence electrons. The van der Waals surface area contributed by atoms with Gasteiger partial charge in [0, 0.05) is 26.2 Å². The van der Waals surface area contributed by atoms with Gasteiger partial charge in [-0.05, 0) is 0 Å². The van der Waals surface area contributed by atoms with Gasteiger partial charge in [-0.1, -0.05) is 0 Å². The van der Waals surface area contributed by atoms with Gasteiger partial charge in [-0.2, -0.15) is 5.10 Å². The average molecular weight is 242 g/mol. The Morgan fingerprint density at radius 3 is 2.47 bits per heavy atom. The molecule has 1 aromatic rings. The molecule has 1 heterocycles. The van der Waals surface area contributed by atoms with Crippen molar-refractivity contribution in [2.45, 2.75) is 6.54 Å². The van der Waals surface area contributed by atoms with Crippen molar-refractivity contribution in [2.24, 2.45) is 11.5 Å². The van der Waals surface area contributed by atoms with Gasteiger partial charge in [-0.3, -0.25) is 4.79 Å². The molecule has 1 aromatic heterocycles. The summed E-state index contributed by atoms with van der Waals surface area (Å²) < 4.78 is 1.34. The molecule has 0 saturated carbocycles. The van der Waals surface area contributed by atoms with Crippen LogP contribution in [0.1, 0.15) is 0 Å². The standard InChI is InChI=1S/C9H18N6O2/c10-1-3-14(4-2-11)9-7(12)5-13-15(9)6-8(16)17/h5H,1-4,6,10-12H2,(H,16,17). The molecule has 8 nitrogen and oxygen atoms in total. The molecule has 0 radical (unpaired) electrons. The van der Waals surface area contributed by atoms with Crippen LogP contribution in [0.15, 0.2) is 6.20 Å². The number of hydrogen-bond donors (Lipinski definition) is 4. The number of anilines is 2. The van der Waals surface area contributed by atoms with E-state index in [2.05, 4.69) is 5.10 Å². The van der Waals surface area contributed by atoms with E-state index in [0.29, 0.717) is 37.7 Å². The molecule has 0 bridgehead atoms. The van der Waals surface area contributed by atoms with E-state index >= 15 is 0 Å². The second-order valence-electron chi connectivity index (χ2n) is 3.54. The molecule has 1 rings (SSSR count). The SMILES string of the molecule is NCCN(CCN)c1c(N)cnn1CC(=O)O. The van der Waals surface area contributed by atoms with Crippen molar-refractivity contribution in [2.75, 3.05) is 36.8 Å². The highest BCUT2D eigenvalue weighted by Gasteiger charge is 2.16. The van der Waals surface area contributed by atoms with Gasteiger partial charge in [0.15, 0.2) is 5.82 Å². The number of carbonyl (C=O) groups is 1. The van der Waals surface area contributed by atoms with Crippen LogP contribution in [-0.2, 0) is 11.3 Å². The number of nitrogens with two attached hydrogens (primary N) is 3. The largest absolute Gasteiger partial charge is 0.480 e. The van der Waals surface area contributed by atoms with Gasteiger partial charge in [0.25, 0.3) is 0 Å². The Morgan fingerprint density at radius 2 is 2.00 bits per heavy atom. The fraction of sp³-hybridized carbons (Fsp3) is 0.556. The molecule has 0 aliphatic carbocycles. The number of rotatable bonds is 7. The molecular weight excluding hydrogens is 224 g/mol. The lowest BCUT2D eigenvalue weighted by atomic mass is 10.4. The van der Waals surface area contributed by atoms with Gasteiger partial charge in [-0.15, -0.1) is 0 Å². The zero-order valence-electron chi connectivity index (χ0n) is 9.54. The smallest absolute Gasteiger partial charge is 0.325 e. The highest BCUT2D eigenvalue weighted by Crippen LogP contribution is 2.22. The molecule has 17 heavy (non-hydrogen) atoms. The number of nitrogen functional groups attached to an aromatic ring is 1. The van der Waals surface area contributed by atoms with Crippen molar-refractivity contribution >= 4 is 17.5 Å². The predicted octanol–water partition coefficient (Wildman–Crippen LogP) is -1.73. The maximum absolute atomic E-state index is 10.7. The van der Waals surface area contributed by atoms with Gasteiger partial charge < -0.3 is 27.2 Å². The summed E-state index contributed by atoms with van der Waals surface area (Å²) in [5.41, 5.74) is 17.2. The Balaban J connectivity index is 2.98. The van der Waals surface area contributed by atoms with Gasteiger partial charge in [0.05, 0.1) is 11.9 Å². The van der Waals surface area contributed by atoms with Crippen molar-refractivity contribution in [1.82, 2.24) is 9.78 Å². The molecule has 8 heteroatoms. The van der Waals surface area contributed by atoms with E-state index in [1.54, 1.807) is 0 Å². The second-order valence-corrected chi connectivity index (χ2v) is 3.54. The molecule has 7 N–H and O–H groups in total. The molecule has 0 aliphatic heterocycles. The van der Waals surface area contributed by atoms with Crippen LogP contribution in [0.3, 0.4) is 0 Å². The van der Waals surface area contributed by atoms with Crippen LogP contribution >= 0.6 is 0 Å². The second kappa shape index (κ2) is 6.06. The highest BCUT2D eigenvalue weighted by atomic mass is 16.4. The fourth-order valence-electron chi connectivity index (χ4n) is 1.62. The van der Waals surface area contributed by atoms with Crippen LogP contribution in [-0.4, -0.2) is 47.0 Å². The molecule has 0 spiro atoms. The molecule has 0 fully saturated rings. The van der Waals surface area contributed by atoms with Crippen LogP contribution in [0, 0.1) is 0 Å². The third kappa shape index (κ3) is 3.33. The fourth-order valence-corrected chi connectivity index (χ4v) is 1.62. The van der Waals surface area contributed by atoms with Crippen LogP contribution < -0.4 is 22.1 Å². The molecule has 0 atom stereocenters. The van der Waals surface area contributed by atoms with Crippen LogP contribution in [0.4, 0.5) is 11.5 Å². The van der Waals surface area contributed by atoms with Gasteiger partial charge >= 0.3 is 5.97 Å². The normalized spacial score (nSPS) is 10.5. The summed E-state index contributed by atoms with van der Waals surface area (Å²) in [5, 5.41) is 12.7. The quantitative estimate of drug-likeness (QED) is 0.446. The van der Waals surface area contributed by atoms with Gasteiger partial charge in [0.1, 0.15) is 6.54 Å². The lowest BCUT2D eigenvalue weighted by molar-refractivity contribution is -0.137. The summed E-state index contributed by atoms with van der Waals surface area (Å²) in [7, 11) is 0. The van der Waals surface area contributed by atoms with Crippen molar-refractivity contribution in [3.63, 3.8) is 0 Å². The van der Waals surface area contributed by atoms with Crippen LogP contribution in [0.25, 0.3) is 0 Å². The summed E-state index contributed by atoms with van der Waals surface area (Å²) >= 11 is 0. The van der Waals surface area contributed by atoms with Crippen molar-refractivity contribution in [3.8, 4) is 0 Å². The number of carboxylic acids is 1. The first-order chi connectivity index (χ1) is 8.10. The van der Waals surface area contributed by atoms with E-state index < -0.39 is 5.97 Å². The Hall–Kier alpha value is -1.80. The van der Waals surface area contributed by atoms with Crippen molar-refractivity contribution in [1.29, 1.82) is 0 Å². The molecule has 0 aromatic carbocycles. The topological polar surface area (TPSA) is 136 Å². The Labute approximate surface area is 99.0 Å². The number of aliphatic carboxylic acids is 1. The maximum Gasteiger partial charge on any atom is 0.325 e. The van der Waals surface area contributed by atoms with E-state index in [0.717, 1.165) is 0 Å². The number of aromatic nitrogens is 2. The maximum atomic E-state index is 10.7. The molecule has 0 aliphatic rings. The molecule has 0 saturated heterocycles. The van der Waals surface area contributed by atoms with Crippen LogP contribution in [0.5, 0.6) is 0 Å². The molecule has 0 unspecified atom stereocenters. The van der Waals surface area contributed by atoms with Gasteiger partial charge in [0.2, 0.25) is 0 Å². The first-order valence-corrected chi connectivity index (χ1v) is 5.28. The third-order valence-corrected chi connectivity index (χ3v) is 2.22. The number of nitrogens with zero attached hydrogens (tertiary/aromatic N) is 3. The van der Waals surface area contributed by atoms with E-state index in [1.165, 1.54) is 10.9 Å². The minimum Gasteiger partial charge on any atom is -0.480 e. The Bertz CT molecular complexity index is 372. The lowest BCUT2D eigenvalue weighted by Crippen LogP contribution is -2.36. The Morgan fingerprint density at radius 1 is 1.41 bits per heavy atom. The number of hydrogen-bond acceptors (Lipinski definition) is 6. The zero-order chi connectivity index (χ0) is 12.8. The Kier molecular flexibility index (Phi) is 4.73. The first kappa shape index (κ1) is 13.3. The van der Waals surface area contributed by atoms with Crippen molar-refractivity contribution < 1.29 is 9.90 Å². The highest BCUT2D eigenvalue weighted by molar-refractivity contribution is 5.70. The predicted molar refractivity (Wildman–Crippen MR) is 64.6 cm³/mol. The minimum atomic E-state index is -0.977. The van der Waals surface area contributed by atoms with Crippen LogP contribution in [0.2, 0.25) is 0 Å². The first-order valence-electron chi connectivity index (χ1n) is 5.28. The van der Waals surface area contributed by atoms with Crippen molar-refractivity contribution in [3.05, 3.63) is 6.20 Å². The number of carboxylic acid groups (broad SMARTS) is 1. The van der Waals surface area contributed by atoms with E-state index in [-0.39, 0.29) is 6.54 Å². The lowest BCUT2D eigenvalue weighted by Gasteiger charge is -2.24. The molecule has 0 amide bonds.